The summed E-state index contributed by atoms with van der Waals surface area (Å²) in [4.78, 5) is 6.94. The summed E-state index contributed by atoms with van der Waals surface area (Å²) in [7, 11) is 6.11. The number of ether oxygens (including phenoxy) is 1. The number of hydrogen-bond acceptors (Lipinski definition) is 5. The van der Waals surface area contributed by atoms with Crippen molar-refractivity contribution in [1.29, 1.82) is 0 Å². The molecule has 0 spiro atoms. The van der Waals surface area contributed by atoms with E-state index in [1.165, 1.54) is 0 Å². The highest BCUT2D eigenvalue weighted by molar-refractivity contribution is 5.63. The van der Waals surface area contributed by atoms with Crippen molar-refractivity contribution in [3.8, 4) is 17.1 Å². The maximum atomic E-state index is 6.15. The van der Waals surface area contributed by atoms with Crippen molar-refractivity contribution < 1.29 is 4.74 Å². The summed E-state index contributed by atoms with van der Waals surface area (Å²) in [6.45, 7) is 0. The van der Waals surface area contributed by atoms with Gasteiger partial charge in [-0.25, -0.2) is 9.50 Å². The van der Waals surface area contributed by atoms with E-state index < -0.39 is 0 Å². The molecule has 0 bridgehead atoms. The van der Waals surface area contributed by atoms with Gasteiger partial charge in [-0.15, -0.1) is 0 Å². The Hall–Kier alpha value is -2.41. The van der Waals surface area contributed by atoms with Gasteiger partial charge in [-0.1, -0.05) is 0 Å². The molecule has 0 atom stereocenters. The monoisotopic (exact) mass is 312 g/mol. The number of hydrogen-bond donors (Lipinski definition) is 0. The zero-order valence-corrected chi connectivity index (χ0v) is 13.5. The molecule has 0 aromatic carbocycles. The van der Waals surface area contributed by atoms with Gasteiger partial charge >= 0.3 is 0 Å². The predicted molar refractivity (Wildman–Crippen MR) is 86.3 cm³/mol. The minimum atomic E-state index is 0.220. The average molecular weight is 312 g/mol. The van der Waals surface area contributed by atoms with Crippen molar-refractivity contribution in [1.82, 2.24) is 29.3 Å². The molecule has 4 rings (SSSR count). The lowest BCUT2D eigenvalue weighted by molar-refractivity contribution is 0.0379. The molecule has 1 aliphatic rings. The maximum Gasteiger partial charge on any atom is 0.240 e. The Balaban J connectivity index is 1.64. The quantitative estimate of drug-likeness (QED) is 0.732. The smallest absolute Gasteiger partial charge is 0.240 e. The molecule has 3 heterocycles. The first-order chi connectivity index (χ1) is 11.1. The van der Waals surface area contributed by atoms with E-state index in [0.717, 1.165) is 29.6 Å². The van der Waals surface area contributed by atoms with E-state index in [0.29, 0.717) is 11.9 Å². The van der Waals surface area contributed by atoms with Gasteiger partial charge in [0.05, 0.1) is 24.3 Å². The SMILES string of the molecule is CN(C)C1CC(Oc2nc(-c3cnn(C)c3)cn3nccc23)C1. The van der Waals surface area contributed by atoms with E-state index in [9.17, 15) is 0 Å². The number of nitrogens with zero attached hydrogens (tertiary/aromatic N) is 6. The molecular formula is C16H20N6O. The zero-order chi connectivity index (χ0) is 16.0. The van der Waals surface area contributed by atoms with Crippen LogP contribution in [0.2, 0.25) is 0 Å². The molecule has 0 amide bonds. The van der Waals surface area contributed by atoms with Crippen molar-refractivity contribution in [2.24, 2.45) is 7.05 Å². The second-order valence-corrected chi connectivity index (χ2v) is 6.32. The highest BCUT2D eigenvalue weighted by Crippen LogP contribution is 2.31. The third-order valence-corrected chi connectivity index (χ3v) is 4.44. The number of aromatic nitrogens is 5. The largest absolute Gasteiger partial charge is 0.473 e. The van der Waals surface area contributed by atoms with E-state index >= 15 is 0 Å². The summed E-state index contributed by atoms with van der Waals surface area (Å²) in [5.41, 5.74) is 2.66. The van der Waals surface area contributed by atoms with Crippen molar-refractivity contribution in [2.45, 2.75) is 25.0 Å². The Morgan fingerprint density at radius 2 is 2.04 bits per heavy atom. The molecule has 3 aromatic heterocycles. The Morgan fingerprint density at radius 1 is 1.22 bits per heavy atom. The van der Waals surface area contributed by atoms with Gasteiger partial charge in [-0.05, 0) is 20.2 Å². The summed E-state index contributed by atoms with van der Waals surface area (Å²) in [6.07, 6.45) is 9.69. The van der Waals surface area contributed by atoms with E-state index in [2.05, 4.69) is 29.2 Å². The van der Waals surface area contributed by atoms with Gasteiger partial charge in [0, 0.05) is 37.7 Å². The maximum absolute atomic E-state index is 6.15. The molecule has 120 valence electrons. The van der Waals surface area contributed by atoms with Gasteiger partial charge in [0.15, 0.2) is 0 Å². The third-order valence-electron chi connectivity index (χ3n) is 4.44. The van der Waals surface area contributed by atoms with E-state index in [1.54, 1.807) is 17.1 Å². The fourth-order valence-corrected chi connectivity index (χ4v) is 2.89. The van der Waals surface area contributed by atoms with Gasteiger partial charge in [0.1, 0.15) is 11.6 Å². The van der Waals surface area contributed by atoms with Crippen LogP contribution in [0.25, 0.3) is 16.8 Å². The lowest BCUT2D eigenvalue weighted by atomic mass is 9.88. The second-order valence-electron chi connectivity index (χ2n) is 6.32. The molecule has 1 aliphatic carbocycles. The minimum absolute atomic E-state index is 0.220. The number of rotatable bonds is 4. The van der Waals surface area contributed by atoms with Crippen LogP contribution in [0.1, 0.15) is 12.8 Å². The molecule has 7 nitrogen and oxygen atoms in total. The highest BCUT2D eigenvalue weighted by atomic mass is 16.5. The second kappa shape index (κ2) is 5.34. The molecule has 3 aromatic rings. The summed E-state index contributed by atoms with van der Waals surface area (Å²) >= 11 is 0. The van der Waals surface area contributed by atoms with Crippen LogP contribution in [0.5, 0.6) is 5.88 Å². The van der Waals surface area contributed by atoms with E-state index in [1.807, 2.05) is 30.0 Å². The van der Waals surface area contributed by atoms with Crippen LogP contribution in [-0.2, 0) is 7.05 Å². The lowest BCUT2D eigenvalue weighted by Gasteiger charge is -2.39. The molecule has 1 saturated carbocycles. The van der Waals surface area contributed by atoms with Crippen LogP contribution in [0, 0.1) is 0 Å². The Morgan fingerprint density at radius 3 is 2.74 bits per heavy atom. The first-order valence-electron chi connectivity index (χ1n) is 7.76. The average Bonchev–Trinajstić information content (AvgIpc) is 3.09. The van der Waals surface area contributed by atoms with E-state index in [-0.39, 0.29) is 6.10 Å². The van der Waals surface area contributed by atoms with Crippen LogP contribution in [-0.4, -0.2) is 55.5 Å². The molecule has 7 heteroatoms. The number of aryl methyl sites for hydroxylation is 1. The standard InChI is InChI=1S/C16H20N6O/c1-20(2)12-6-13(7-12)23-16-15-4-5-17-22(15)10-14(19-16)11-8-18-21(3)9-11/h4-5,8-10,12-13H,6-7H2,1-3H3. The van der Waals surface area contributed by atoms with Gasteiger partial charge < -0.3 is 9.64 Å². The first kappa shape index (κ1) is 14.2. The fourth-order valence-electron chi connectivity index (χ4n) is 2.89. The first-order valence-corrected chi connectivity index (χ1v) is 7.76. The molecule has 23 heavy (non-hydrogen) atoms. The van der Waals surface area contributed by atoms with E-state index in [4.69, 9.17) is 9.72 Å². The molecule has 0 N–H and O–H groups in total. The number of fused-ring (bicyclic) bond motifs is 1. The van der Waals surface area contributed by atoms with Crippen molar-refractivity contribution in [2.75, 3.05) is 14.1 Å². The Labute approximate surface area is 134 Å². The van der Waals surface area contributed by atoms with Crippen molar-refractivity contribution in [3.05, 3.63) is 30.9 Å². The highest BCUT2D eigenvalue weighted by Gasteiger charge is 2.33. The summed E-state index contributed by atoms with van der Waals surface area (Å²) in [5, 5.41) is 8.54. The zero-order valence-electron chi connectivity index (χ0n) is 13.5. The summed E-state index contributed by atoms with van der Waals surface area (Å²) < 4.78 is 9.72. The van der Waals surface area contributed by atoms with Crippen molar-refractivity contribution in [3.63, 3.8) is 0 Å². The van der Waals surface area contributed by atoms with Crippen LogP contribution in [0.3, 0.4) is 0 Å². The van der Waals surface area contributed by atoms with Crippen LogP contribution < -0.4 is 4.74 Å². The normalized spacial score (nSPS) is 20.9. The van der Waals surface area contributed by atoms with Gasteiger partial charge in [0.2, 0.25) is 5.88 Å². The van der Waals surface area contributed by atoms with Gasteiger partial charge in [-0.2, -0.15) is 10.2 Å². The van der Waals surface area contributed by atoms with Gasteiger partial charge in [-0.3, -0.25) is 4.68 Å². The molecule has 1 fully saturated rings. The fraction of sp³-hybridized carbons (Fsp3) is 0.438. The van der Waals surface area contributed by atoms with Crippen LogP contribution in [0.4, 0.5) is 0 Å². The Kier molecular flexibility index (Phi) is 3.30. The lowest BCUT2D eigenvalue weighted by Crippen LogP contribution is -2.46. The van der Waals surface area contributed by atoms with Crippen LogP contribution in [0.15, 0.2) is 30.9 Å². The summed E-state index contributed by atoms with van der Waals surface area (Å²) in [6, 6.07) is 2.53. The van der Waals surface area contributed by atoms with Gasteiger partial charge in [0.25, 0.3) is 0 Å². The minimum Gasteiger partial charge on any atom is -0.473 e. The molecule has 0 saturated heterocycles. The molecular weight excluding hydrogens is 292 g/mol. The molecule has 0 unspecified atom stereocenters. The molecule has 0 radical (unpaired) electrons. The van der Waals surface area contributed by atoms with Crippen LogP contribution >= 0.6 is 0 Å². The van der Waals surface area contributed by atoms with Crippen molar-refractivity contribution >= 4 is 5.52 Å². The Bertz CT molecular complexity index is 830. The molecule has 0 aliphatic heterocycles. The summed E-state index contributed by atoms with van der Waals surface area (Å²) in [5.74, 6) is 0.644. The topological polar surface area (TPSA) is 60.5 Å². The third kappa shape index (κ3) is 2.57. The predicted octanol–water partition coefficient (Wildman–Crippen LogP) is 1.60.